The highest BCUT2D eigenvalue weighted by atomic mass is 35.5. The van der Waals surface area contributed by atoms with Gasteiger partial charge in [0, 0.05) is 6.54 Å². The summed E-state index contributed by atoms with van der Waals surface area (Å²) >= 11 is 0. The lowest BCUT2D eigenvalue weighted by Gasteiger charge is -2.10. The molecule has 0 amide bonds. The molecule has 0 aromatic heterocycles. The highest BCUT2D eigenvalue weighted by Crippen LogP contribution is 1.84. The van der Waals surface area contributed by atoms with Gasteiger partial charge in [0.15, 0.2) is 0 Å². The molecule has 0 aromatic carbocycles. The lowest BCUT2D eigenvalue weighted by Crippen LogP contribution is -3.10. The van der Waals surface area contributed by atoms with Gasteiger partial charge < -0.3 is 17.3 Å². The van der Waals surface area contributed by atoms with Crippen LogP contribution in [0.15, 0.2) is 0 Å². The normalized spacial score (nSPS) is 26.4. The Morgan fingerprint density at radius 2 is 2.10 bits per heavy atom. The minimum Gasteiger partial charge on any atom is -1.00 e. The molecular weight excluding hydrogens is 148 g/mol. The Bertz CT molecular complexity index is 77.7. The van der Waals surface area contributed by atoms with E-state index in [1.807, 2.05) is 0 Å². The molecule has 0 spiro atoms. The second-order valence-corrected chi connectivity index (χ2v) is 2.72. The summed E-state index contributed by atoms with van der Waals surface area (Å²) < 4.78 is 0. The van der Waals surface area contributed by atoms with Gasteiger partial charge in [-0.1, -0.05) is 6.92 Å². The van der Waals surface area contributed by atoms with Crippen molar-refractivity contribution in [2.24, 2.45) is 0 Å². The maximum absolute atomic E-state index is 2.50. The minimum absolute atomic E-state index is 0. The average Bonchev–Trinajstić information content (AvgIpc) is 2.34. The maximum Gasteiger partial charge on any atom is 0.133 e. The van der Waals surface area contributed by atoms with Gasteiger partial charge in [0.25, 0.3) is 0 Å². The third-order valence-electron chi connectivity index (χ3n) is 2.18. The van der Waals surface area contributed by atoms with E-state index in [1.54, 1.807) is 4.90 Å². The smallest absolute Gasteiger partial charge is 0.133 e. The van der Waals surface area contributed by atoms with E-state index in [-0.39, 0.29) is 12.4 Å². The van der Waals surface area contributed by atoms with Crippen LogP contribution in [0.1, 0.15) is 13.8 Å². The Morgan fingerprint density at radius 3 is 2.40 bits per heavy atom. The second kappa shape index (κ2) is 4.94. The molecule has 62 valence electrons. The van der Waals surface area contributed by atoms with Gasteiger partial charge in [0.05, 0.1) is 19.6 Å². The SMILES string of the molecule is CCN1CC[NH+](CC)C1.[Cl-]. The zero-order valence-corrected chi connectivity index (χ0v) is 7.62. The van der Waals surface area contributed by atoms with Gasteiger partial charge in [0.2, 0.25) is 0 Å². The largest absolute Gasteiger partial charge is 1.00 e. The summed E-state index contributed by atoms with van der Waals surface area (Å²) in [6.45, 7) is 10.9. The van der Waals surface area contributed by atoms with Crippen LogP contribution in [0.25, 0.3) is 0 Å². The van der Waals surface area contributed by atoms with Crippen molar-refractivity contribution in [1.29, 1.82) is 0 Å². The van der Waals surface area contributed by atoms with Crippen LogP contribution in [0.3, 0.4) is 0 Å². The molecule has 1 aliphatic rings. The quantitative estimate of drug-likeness (QED) is 0.440. The molecule has 0 radical (unpaired) electrons. The number of quaternary nitrogens is 1. The fourth-order valence-corrected chi connectivity index (χ4v) is 1.35. The van der Waals surface area contributed by atoms with Gasteiger partial charge in [-0.05, 0) is 6.92 Å². The third kappa shape index (κ3) is 2.45. The monoisotopic (exact) mass is 164 g/mol. The highest BCUT2D eigenvalue weighted by molar-refractivity contribution is 4.52. The molecule has 1 aliphatic heterocycles. The highest BCUT2D eigenvalue weighted by Gasteiger charge is 2.19. The fraction of sp³-hybridized carbons (Fsp3) is 1.00. The molecule has 2 nitrogen and oxygen atoms in total. The Hall–Kier alpha value is 0.210. The van der Waals surface area contributed by atoms with Gasteiger partial charge in [-0.25, -0.2) is 0 Å². The van der Waals surface area contributed by atoms with E-state index in [4.69, 9.17) is 0 Å². The van der Waals surface area contributed by atoms with E-state index in [0.717, 1.165) is 0 Å². The van der Waals surface area contributed by atoms with Crippen LogP contribution in [0.5, 0.6) is 0 Å². The van der Waals surface area contributed by atoms with Crippen LogP contribution < -0.4 is 17.3 Å². The molecule has 3 heteroatoms. The van der Waals surface area contributed by atoms with E-state index >= 15 is 0 Å². The zero-order valence-electron chi connectivity index (χ0n) is 6.86. The molecule has 0 saturated carbocycles. The summed E-state index contributed by atoms with van der Waals surface area (Å²) in [4.78, 5) is 4.23. The van der Waals surface area contributed by atoms with Crippen molar-refractivity contribution < 1.29 is 17.3 Å². The number of halogens is 1. The van der Waals surface area contributed by atoms with Crippen LogP contribution in [-0.4, -0.2) is 37.7 Å². The zero-order chi connectivity index (χ0) is 6.69. The molecule has 1 atom stereocenters. The summed E-state index contributed by atoms with van der Waals surface area (Å²) in [6.07, 6.45) is 0. The predicted molar refractivity (Wildman–Crippen MR) is 38.5 cm³/mol. The Balaban J connectivity index is 0.000000810. The molecule has 1 heterocycles. The van der Waals surface area contributed by atoms with Crippen molar-refractivity contribution in [2.75, 3.05) is 32.8 Å². The summed E-state index contributed by atoms with van der Waals surface area (Å²) in [5, 5.41) is 0. The average molecular weight is 165 g/mol. The van der Waals surface area contributed by atoms with Gasteiger partial charge in [-0.2, -0.15) is 0 Å². The van der Waals surface area contributed by atoms with Crippen LogP contribution in [0.2, 0.25) is 0 Å². The fourth-order valence-electron chi connectivity index (χ4n) is 1.35. The van der Waals surface area contributed by atoms with Crippen molar-refractivity contribution in [3.05, 3.63) is 0 Å². The lowest BCUT2D eigenvalue weighted by molar-refractivity contribution is -0.889. The van der Waals surface area contributed by atoms with Crippen LogP contribution in [0.4, 0.5) is 0 Å². The van der Waals surface area contributed by atoms with E-state index < -0.39 is 0 Å². The number of hydrogen-bond donors (Lipinski definition) is 1. The molecule has 1 unspecified atom stereocenters. The van der Waals surface area contributed by atoms with E-state index in [9.17, 15) is 0 Å². The Morgan fingerprint density at radius 1 is 1.40 bits per heavy atom. The summed E-state index contributed by atoms with van der Waals surface area (Å²) in [6, 6.07) is 0. The molecule has 0 aromatic rings. The maximum atomic E-state index is 2.50. The Labute approximate surface area is 69.6 Å². The third-order valence-corrected chi connectivity index (χ3v) is 2.18. The van der Waals surface area contributed by atoms with Gasteiger partial charge in [-0.15, -0.1) is 0 Å². The lowest BCUT2D eigenvalue weighted by atomic mass is 10.6. The van der Waals surface area contributed by atoms with E-state index in [1.165, 1.54) is 32.8 Å². The topological polar surface area (TPSA) is 7.68 Å². The predicted octanol–water partition coefficient (Wildman–Crippen LogP) is -3.81. The number of hydrogen-bond acceptors (Lipinski definition) is 1. The van der Waals surface area contributed by atoms with Crippen molar-refractivity contribution in [3.63, 3.8) is 0 Å². The second-order valence-electron chi connectivity index (χ2n) is 2.72. The molecule has 1 saturated heterocycles. The molecule has 1 rings (SSSR count). The number of rotatable bonds is 2. The van der Waals surface area contributed by atoms with Gasteiger partial charge in [0.1, 0.15) is 6.67 Å². The van der Waals surface area contributed by atoms with Crippen LogP contribution in [0, 0.1) is 0 Å². The van der Waals surface area contributed by atoms with Crippen LogP contribution >= 0.6 is 0 Å². The first-order valence-electron chi connectivity index (χ1n) is 3.92. The standard InChI is InChI=1S/C7H16N2.ClH/c1-3-8-5-6-9(4-2)7-8;/h3-7H2,1-2H3;1H. The number of likely N-dealkylation sites (N-methyl/N-ethyl adjacent to an activating group) is 2. The number of nitrogens with one attached hydrogen (secondary N) is 1. The molecular formula is C7H17ClN2. The van der Waals surface area contributed by atoms with Gasteiger partial charge in [-0.3, -0.25) is 4.90 Å². The van der Waals surface area contributed by atoms with Crippen molar-refractivity contribution in [2.45, 2.75) is 13.8 Å². The summed E-state index contributed by atoms with van der Waals surface area (Å²) in [5.41, 5.74) is 0. The summed E-state index contributed by atoms with van der Waals surface area (Å²) in [7, 11) is 0. The molecule has 10 heavy (non-hydrogen) atoms. The van der Waals surface area contributed by atoms with Crippen molar-refractivity contribution in [1.82, 2.24) is 4.90 Å². The van der Waals surface area contributed by atoms with E-state index in [2.05, 4.69) is 18.7 Å². The van der Waals surface area contributed by atoms with Gasteiger partial charge >= 0.3 is 0 Å². The first-order chi connectivity index (χ1) is 4.36. The molecule has 1 fully saturated rings. The first-order valence-corrected chi connectivity index (χ1v) is 3.92. The molecule has 1 N–H and O–H groups in total. The first kappa shape index (κ1) is 10.2. The van der Waals surface area contributed by atoms with Crippen molar-refractivity contribution in [3.8, 4) is 0 Å². The van der Waals surface area contributed by atoms with E-state index in [0.29, 0.717) is 0 Å². The summed E-state index contributed by atoms with van der Waals surface area (Å²) in [5.74, 6) is 0. The molecule has 0 bridgehead atoms. The molecule has 0 aliphatic carbocycles. The van der Waals surface area contributed by atoms with Crippen molar-refractivity contribution >= 4 is 0 Å². The minimum atomic E-state index is 0. The number of nitrogens with zero attached hydrogens (tertiary/aromatic N) is 1. The van der Waals surface area contributed by atoms with Crippen LogP contribution in [-0.2, 0) is 0 Å². The Kier molecular flexibility index (Phi) is 5.04.